The van der Waals surface area contributed by atoms with Gasteiger partial charge in [-0.05, 0) is 80.9 Å². The molecule has 1 heterocycles. The molecule has 27 heavy (non-hydrogen) atoms. The second-order valence-electron chi connectivity index (χ2n) is 6.76. The molecule has 1 aliphatic heterocycles. The predicted octanol–water partition coefficient (Wildman–Crippen LogP) is 4.88. The monoisotopic (exact) mass is 428 g/mol. The molecule has 0 atom stereocenters. The second-order valence-corrected chi connectivity index (χ2v) is 7.68. The highest BCUT2D eigenvalue weighted by Gasteiger charge is 2.12. The summed E-state index contributed by atoms with van der Waals surface area (Å²) in [5.41, 5.74) is 4.37. The maximum absolute atomic E-state index is 12.4. The van der Waals surface area contributed by atoms with Crippen molar-refractivity contribution in [3.63, 3.8) is 0 Å². The predicted molar refractivity (Wildman–Crippen MR) is 114 cm³/mol. The fraction of sp³-hybridized carbons (Fsp3) is 0.318. The topological polar surface area (TPSA) is 41.6 Å². The highest BCUT2D eigenvalue weighted by Crippen LogP contribution is 2.25. The highest BCUT2D eigenvalue weighted by molar-refractivity contribution is 9.10. The molecule has 1 aliphatic rings. The van der Waals surface area contributed by atoms with Crippen LogP contribution >= 0.6 is 15.9 Å². The molecule has 0 aromatic heterocycles. The summed E-state index contributed by atoms with van der Waals surface area (Å²) >= 11 is 3.46. The molecule has 0 saturated carbocycles. The summed E-state index contributed by atoms with van der Waals surface area (Å²) in [5, 5.41) is 2.97. The number of halogens is 1. The van der Waals surface area contributed by atoms with Gasteiger partial charge >= 0.3 is 0 Å². The van der Waals surface area contributed by atoms with Crippen molar-refractivity contribution in [2.45, 2.75) is 26.3 Å². The van der Waals surface area contributed by atoms with E-state index in [4.69, 9.17) is 4.74 Å². The number of hydrogen-bond donors (Lipinski definition) is 1. The number of anilines is 1. The Morgan fingerprint density at radius 1 is 1.26 bits per heavy atom. The van der Waals surface area contributed by atoms with Gasteiger partial charge in [-0.1, -0.05) is 22.0 Å². The quantitative estimate of drug-likeness (QED) is 0.689. The molecule has 0 fully saturated rings. The third-order valence-corrected chi connectivity index (χ3v) is 5.08. The van der Waals surface area contributed by atoms with Crippen molar-refractivity contribution < 1.29 is 9.53 Å². The van der Waals surface area contributed by atoms with Crippen molar-refractivity contribution in [2.75, 3.05) is 25.5 Å². The van der Waals surface area contributed by atoms with Gasteiger partial charge < -0.3 is 15.0 Å². The maximum Gasteiger partial charge on any atom is 0.248 e. The van der Waals surface area contributed by atoms with Crippen molar-refractivity contribution in [3.05, 3.63) is 63.6 Å². The van der Waals surface area contributed by atoms with Crippen molar-refractivity contribution >= 4 is 33.6 Å². The standard InChI is InChI=1S/C22H25BrN2O2/c1-3-27-21-10-8-19(23)13-17(21)7-11-22(26)24-20-9-6-16-5-4-12-25(2)15-18(16)14-20/h6-11,13-14H,3-5,12,15H2,1-2H3,(H,24,26)/b11-7+. The lowest BCUT2D eigenvalue weighted by Crippen LogP contribution is -2.17. The van der Waals surface area contributed by atoms with Gasteiger partial charge in [0.25, 0.3) is 0 Å². The summed E-state index contributed by atoms with van der Waals surface area (Å²) in [5.74, 6) is 0.608. The molecule has 0 saturated heterocycles. The Bertz CT molecular complexity index is 848. The van der Waals surface area contributed by atoms with Crippen LogP contribution in [-0.4, -0.2) is 31.0 Å². The minimum atomic E-state index is -0.153. The van der Waals surface area contributed by atoms with E-state index in [1.165, 1.54) is 17.5 Å². The molecule has 0 radical (unpaired) electrons. The average molecular weight is 429 g/mol. The zero-order valence-electron chi connectivity index (χ0n) is 15.8. The Hall–Kier alpha value is -2.11. The first kappa shape index (κ1) is 19.6. The first-order valence-electron chi connectivity index (χ1n) is 9.27. The fourth-order valence-corrected chi connectivity index (χ4v) is 3.67. The molecule has 4 nitrogen and oxygen atoms in total. The van der Waals surface area contributed by atoms with Gasteiger partial charge in [0.15, 0.2) is 0 Å². The van der Waals surface area contributed by atoms with Crippen LogP contribution in [0.4, 0.5) is 5.69 Å². The van der Waals surface area contributed by atoms with Gasteiger partial charge in [0.1, 0.15) is 5.75 Å². The summed E-state index contributed by atoms with van der Waals surface area (Å²) < 4.78 is 6.56. The molecule has 2 aromatic rings. The Balaban J connectivity index is 1.71. The van der Waals surface area contributed by atoms with Crippen molar-refractivity contribution in [1.29, 1.82) is 0 Å². The summed E-state index contributed by atoms with van der Waals surface area (Å²) in [4.78, 5) is 14.7. The van der Waals surface area contributed by atoms with Gasteiger partial charge in [-0.15, -0.1) is 0 Å². The van der Waals surface area contributed by atoms with Crippen LogP contribution in [0.25, 0.3) is 6.08 Å². The van der Waals surface area contributed by atoms with E-state index in [2.05, 4.69) is 45.3 Å². The zero-order valence-corrected chi connectivity index (χ0v) is 17.4. The summed E-state index contributed by atoms with van der Waals surface area (Å²) in [6.45, 7) is 4.55. The van der Waals surface area contributed by atoms with Crippen LogP contribution in [0, 0.1) is 0 Å². The molecule has 0 bridgehead atoms. The molecule has 3 rings (SSSR count). The number of aryl methyl sites for hydroxylation is 1. The minimum Gasteiger partial charge on any atom is -0.493 e. The van der Waals surface area contributed by atoms with Crippen LogP contribution < -0.4 is 10.1 Å². The average Bonchev–Trinajstić information content (AvgIpc) is 2.82. The first-order chi connectivity index (χ1) is 13.0. The molecular weight excluding hydrogens is 404 g/mol. The molecule has 1 N–H and O–H groups in total. The normalized spacial score (nSPS) is 14.6. The van der Waals surface area contributed by atoms with Crippen LogP contribution in [0.5, 0.6) is 5.75 Å². The first-order valence-corrected chi connectivity index (χ1v) is 10.1. The second kappa shape index (κ2) is 9.20. The molecular formula is C22H25BrN2O2. The van der Waals surface area contributed by atoms with Gasteiger partial charge in [-0.3, -0.25) is 4.79 Å². The number of nitrogens with one attached hydrogen (secondary N) is 1. The number of fused-ring (bicyclic) bond motifs is 1. The lowest BCUT2D eigenvalue weighted by Gasteiger charge is -2.14. The van der Waals surface area contributed by atoms with Crippen LogP contribution in [0.15, 0.2) is 46.9 Å². The van der Waals surface area contributed by atoms with Gasteiger partial charge in [-0.25, -0.2) is 0 Å². The van der Waals surface area contributed by atoms with E-state index in [0.717, 1.165) is 41.0 Å². The van der Waals surface area contributed by atoms with E-state index in [1.54, 1.807) is 12.2 Å². The van der Waals surface area contributed by atoms with E-state index < -0.39 is 0 Å². The number of amides is 1. The van der Waals surface area contributed by atoms with Gasteiger partial charge in [0.2, 0.25) is 5.91 Å². The Morgan fingerprint density at radius 2 is 2.11 bits per heavy atom. The molecule has 1 amide bonds. The molecule has 142 valence electrons. The van der Waals surface area contributed by atoms with Crippen LogP contribution in [0.1, 0.15) is 30.0 Å². The smallest absolute Gasteiger partial charge is 0.248 e. The van der Waals surface area contributed by atoms with Gasteiger partial charge in [-0.2, -0.15) is 0 Å². The zero-order chi connectivity index (χ0) is 19.2. The van der Waals surface area contributed by atoms with E-state index in [1.807, 2.05) is 31.2 Å². The summed E-state index contributed by atoms with van der Waals surface area (Å²) in [7, 11) is 2.14. The Kier molecular flexibility index (Phi) is 6.69. The van der Waals surface area contributed by atoms with E-state index in [-0.39, 0.29) is 5.91 Å². The van der Waals surface area contributed by atoms with Crippen LogP contribution in [0.3, 0.4) is 0 Å². The number of hydrogen-bond acceptors (Lipinski definition) is 3. The van der Waals surface area contributed by atoms with Crippen LogP contribution in [-0.2, 0) is 17.8 Å². The number of benzene rings is 2. The highest BCUT2D eigenvalue weighted by atomic mass is 79.9. The van der Waals surface area contributed by atoms with E-state index in [0.29, 0.717) is 6.61 Å². The number of rotatable bonds is 5. The molecule has 0 unspecified atom stereocenters. The number of nitrogens with zero attached hydrogens (tertiary/aromatic N) is 1. The Labute approximate surface area is 169 Å². The lowest BCUT2D eigenvalue weighted by molar-refractivity contribution is -0.111. The summed E-state index contributed by atoms with van der Waals surface area (Å²) in [6, 6.07) is 12.0. The SMILES string of the molecule is CCOc1ccc(Br)cc1/C=C/C(=O)Nc1ccc2c(c1)CN(C)CCC2. The molecule has 2 aromatic carbocycles. The van der Waals surface area contributed by atoms with Crippen molar-refractivity contribution in [3.8, 4) is 5.75 Å². The van der Waals surface area contributed by atoms with Gasteiger partial charge in [0.05, 0.1) is 6.61 Å². The van der Waals surface area contributed by atoms with Crippen LogP contribution in [0.2, 0.25) is 0 Å². The maximum atomic E-state index is 12.4. The fourth-order valence-electron chi connectivity index (χ4n) is 3.29. The van der Waals surface area contributed by atoms with Gasteiger partial charge in [0, 0.05) is 28.3 Å². The number of carbonyl (C=O) groups excluding carboxylic acids is 1. The third-order valence-electron chi connectivity index (χ3n) is 4.59. The lowest BCUT2D eigenvalue weighted by atomic mass is 10.0. The molecule has 5 heteroatoms. The Morgan fingerprint density at radius 3 is 2.93 bits per heavy atom. The minimum absolute atomic E-state index is 0.153. The number of carbonyl (C=O) groups is 1. The van der Waals surface area contributed by atoms with Crippen molar-refractivity contribution in [1.82, 2.24) is 4.90 Å². The number of ether oxygens (including phenoxy) is 1. The largest absolute Gasteiger partial charge is 0.493 e. The molecule has 0 spiro atoms. The van der Waals surface area contributed by atoms with Crippen molar-refractivity contribution in [2.24, 2.45) is 0 Å². The van der Waals surface area contributed by atoms with E-state index in [9.17, 15) is 4.79 Å². The summed E-state index contributed by atoms with van der Waals surface area (Å²) in [6.07, 6.45) is 5.59. The molecule has 0 aliphatic carbocycles. The van der Waals surface area contributed by atoms with E-state index >= 15 is 0 Å². The third kappa shape index (κ3) is 5.44.